The Morgan fingerprint density at radius 2 is 1.95 bits per heavy atom. The van der Waals surface area contributed by atoms with Crippen LogP contribution in [0, 0.1) is 11.8 Å². The highest BCUT2D eigenvalue weighted by Gasteiger charge is 2.39. The Morgan fingerprint density at radius 1 is 1.30 bits per heavy atom. The highest BCUT2D eigenvalue weighted by atomic mass is 16.1. The number of rotatable bonds is 4. The molecule has 0 aliphatic heterocycles. The molecule has 1 aliphatic carbocycles. The van der Waals surface area contributed by atoms with E-state index in [2.05, 4.69) is 37.4 Å². The number of hydrogen-bond donors (Lipinski definition) is 1. The van der Waals surface area contributed by atoms with E-state index in [4.69, 9.17) is 0 Å². The highest BCUT2D eigenvalue weighted by molar-refractivity contribution is 5.77. The number of benzene rings is 1. The van der Waals surface area contributed by atoms with E-state index >= 15 is 0 Å². The van der Waals surface area contributed by atoms with E-state index in [9.17, 15) is 4.79 Å². The minimum Gasteiger partial charge on any atom is -0.310 e. The van der Waals surface area contributed by atoms with Crippen molar-refractivity contribution >= 4 is 11.0 Å². The fourth-order valence-electron chi connectivity index (χ4n) is 3.27. The van der Waals surface area contributed by atoms with Gasteiger partial charge in [0, 0.05) is 20.1 Å². The molecule has 0 amide bonds. The number of hydrogen-bond acceptors (Lipinski definition) is 2. The van der Waals surface area contributed by atoms with Crippen LogP contribution in [-0.2, 0) is 14.1 Å². The van der Waals surface area contributed by atoms with Gasteiger partial charge in [-0.3, -0.25) is 9.13 Å². The Kier molecular flexibility index (Phi) is 3.21. The number of aromatic nitrogens is 2. The van der Waals surface area contributed by atoms with Crippen LogP contribution in [0.25, 0.3) is 11.0 Å². The van der Waals surface area contributed by atoms with Gasteiger partial charge in [0.2, 0.25) is 0 Å². The van der Waals surface area contributed by atoms with Crippen LogP contribution in [-0.4, -0.2) is 15.7 Å². The van der Waals surface area contributed by atoms with E-state index in [0.29, 0.717) is 6.04 Å². The first-order valence-electron chi connectivity index (χ1n) is 7.43. The fourth-order valence-corrected chi connectivity index (χ4v) is 3.27. The SMILES string of the molecule is CCNC(c1ccc2c(c1)n(C)c(=O)n2C)C1CC1C. The summed E-state index contributed by atoms with van der Waals surface area (Å²) >= 11 is 0. The lowest BCUT2D eigenvalue weighted by atomic mass is 10.0. The average molecular weight is 273 g/mol. The number of nitrogens with one attached hydrogen (secondary N) is 1. The Morgan fingerprint density at radius 3 is 2.55 bits per heavy atom. The van der Waals surface area contributed by atoms with Crippen molar-refractivity contribution in [3.05, 3.63) is 34.2 Å². The minimum atomic E-state index is 0.0388. The van der Waals surface area contributed by atoms with Crippen LogP contribution < -0.4 is 11.0 Å². The third kappa shape index (κ3) is 1.99. The maximum atomic E-state index is 12.0. The van der Waals surface area contributed by atoms with Crippen molar-refractivity contribution in [2.45, 2.75) is 26.3 Å². The predicted molar refractivity (Wildman–Crippen MR) is 81.8 cm³/mol. The molecule has 4 nitrogen and oxygen atoms in total. The van der Waals surface area contributed by atoms with Crippen molar-refractivity contribution in [3.63, 3.8) is 0 Å². The standard InChI is InChI=1S/C16H23N3O/c1-5-17-15(12-8-10(12)2)11-6-7-13-14(9-11)19(4)16(20)18(13)3/h6-7,9-10,12,15,17H,5,8H2,1-4H3. The Bertz CT molecular complexity index is 698. The highest BCUT2D eigenvalue weighted by Crippen LogP contribution is 2.47. The first-order chi connectivity index (χ1) is 9.54. The molecule has 108 valence electrons. The van der Waals surface area contributed by atoms with Crippen LogP contribution in [0.4, 0.5) is 0 Å². The van der Waals surface area contributed by atoms with Gasteiger partial charge < -0.3 is 5.32 Å². The molecular formula is C16H23N3O. The summed E-state index contributed by atoms with van der Waals surface area (Å²) in [7, 11) is 3.67. The molecule has 1 saturated carbocycles. The van der Waals surface area contributed by atoms with E-state index in [-0.39, 0.29) is 5.69 Å². The Balaban J connectivity index is 2.07. The molecule has 3 unspecified atom stereocenters. The normalized spacial score (nSPS) is 23.2. The summed E-state index contributed by atoms with van der Waals surface area (Å²) in [5, 5.41) is 3.60. The molecule has 1 fully saturated rings. The van der Waals surface area contributed by atoms with Gasteiger partial charge in [-0.15, -0.1) is 0 Å². The number of nitrogens with zero attached hydrogens (tertiary/aromatic N) is 2. The van der Waals surface area contributed by atoms with Gasteiger partial charge in [-0.2, -0.15) is 0 Å². The summed E-state index contributed by atoms with van der Waals surface area (Å²) in [6, 6.07) is 6.83. The van der Waals surface area contributed by atoms with Crippen molar-refractivity contribution in [1.29, 1.82) is 0 Å². The van der Waals surface area contributed by atoms with Gasteiger partial charge in [-0.25, -0.2) is 4.79 Å². The zero-order valence-corrected chi connectivity index (χ0v) is 12.7. The third-order valence-electron chi connectivity index (χ3n) is 4.68. The third-order valence-corrected chi connectivity index (χ3v) is 4.68. The first-order valence-corrected chi connectivity index (χ1v) is 7.43. The molecule has 1 heterocycles. The largest absolute Gasteiger partial charge is 0.328 e. The van der Waals surface area contributed by atoms with E-state index in [1.165, 1.54) is 12.0 Å². The Hall–Kier alpha value is -1.55. The number of imidazole rings is 1. The van der Waals surface area contributed by atoms with Gasteiger partial charge in [0.15, 0.2) is 0 Å². The average Bonchev–Trinajstić information content (AvgIpc) is 3.13. The summed E-state index contributed by atoms with van der Waals surface area (Å²) in [5.41, 5.74) is 3.36. The summed E-state index contributed by atoms with van der Waals surface area (Å²) in [6.45, 7) is 5.43. The lowest BCUT2D eigenvalue weighted by molar-refractivity contribution is 0.476. The molecule has 0 bridgehead atoms. The quantitative estimate of drug-likeness (QED) is 0.927. The van der Waals surface area contributed by atoms with Gasteiger partial charge in [0.1, 0.15) is 0 Å². The second kappa shape index (κ2) is 4.77. The molecule has 1 aliphatic rings. The van der Waals surface area contributed by atoms with Crippen molar-refractivity contribution in [2.75, 3.05) is 6.54 Å². The molecule has 3 atom stereocenters. The lowest BCUT2D eigenvalue weighted by Gasteiger charge is -2.18. The van der Waals surface area contributed by atoms with Crippen molar-refractivity contribution in [2.24, 2.45) is 25.9 Å². The molecule has 20 heavy (non-hydrogen) atoms. The molecule has 2 aromatic rings. The van der Waals surface area contributed by atoms with Gasteiger partial charge in [0.05, 0.1) is 11.0 Å². The predicted octanol–water partition coefficient (Wildman–Crippen LogP) is 2.18. The second-order valence-corrected chi connectivity index (χ2v) is 6.06. The monoisotopic (exact) mass is 273 g/mol. The van der Waals surface area contributed by atoms with E-state index < -0.39 is 0 Å². The van der Waals surface area contributed by atoms with Gasteiger partial charge >= 0.3 is 5.69 Å². The zero-order valence-electron chi connectivity index (χ0n) is 12.7. The molecule has 0 radical (unpaired) electrons. The van der Waals surface area contributed by atoms with Crippen molar-refractivity contribution in [3.8, 4) is 0 Å². The second-order valence-electron chi connectivity index (χ2n) is 6.06. The maximum Gasteiger partial charge on any atom is 0.328 e. The number of aryl methyl sites for hydroxylation is 2. The molecule has 1 aromatic heterocycles. The van der Waals surface area contributed by atoms with Gasteiger partial charge in [-0.05, 0) is 42.5 Å². The summed E-state index contributed by atoms with van der Waals surface area (Å²) < 4.78 is 3.44. The van der Waals surface area contributed by atoms with Crippen LogP contribution in [0.15, 0.2) is 23.0 Å². The van der Waals surface area contributed by atoms with E-state index in [0.717, 1.165) is 29.4 Å². The van der Waals surface area contributed by atoms with Gasteiger partial charge in [0.25, 0.3) is 0 Å². The molecule has 0 saturated heterocycles. The van der Waals surface area contributed by atoms with Crippen LogP contribution in [0.3, 0.4) is 0 Å². The van der Waals surface area contributed by atoms with Crippen molar-refractivity contribution < 1.29 is 0 Å². The summed E-state index contributed by atoms with van der Waals surface area (Å²) in [5.74, 6) is 1.53. The first kappa shape index (κ1) is 13.4. The molecule has 4 heteroatoms. The molecule has 1 N–H and O–H groups in total. The molecule has 1 aromatic carbocycles. The van der Waals surface area contributed by atoms with Gasteiger partial charge in [-0.1, -0.05) is 19.9 Å². The molecular weight excluding hydrogens is 250 g/mol. The van der Waals surface area contributed by atoms with Crippen LogP contribution in [0.2, 0.25) is 0 Å². The summed E-state index contributed by atoms with van der Waals surface area (Å²) in [6.07, 6.45) is 1.30. The molecule has 0 spiro atoms. The van der Waals surface area contributed by atoms with Crippen LogP contribution in [0.1, 0.15) is 31.9 Å². The number of fused-ring (bicyclic) bond motifs is 1. The zero-order chi connectivity index (χ0) is 14.4. The lowest BCUT2D eigenvalue weighted by Crippen LogP contribution is -2.23. The topological polar surface area (TPSA) is 39.0 Å². The minimum absolute atomic E-state index is 0.0388. The maximum absolute atomic E-state index is 12.0. The summed E-state index contributed by atoms with van der Waals surface area (Å²) in [4.78, 5) is 12.0. The van der Waals surface area contributed by atoms with E-state index in [1.54, 1.807) is 9.13 Å². The fraction of sp³-hybridized carbons (Fsp3) is 0.562. The smallest absolute Gasteiger partial charge is 0.310 e. The molecule has 3 rings (SSSR count). The van der Waals surface area contributed by atoms with Crippen LogP contribution >= 0.6 is 0 Å². The Labute approximate surface area is 119 Å². The van der Waals surface area contributed by atoms with Crippen LogP contribution in [0.5, 0.6) is 0 Å². The van der Waals surface area contributed by atoms with E-state index in [1.807, 2.05) is 14.1 Å². The van der Waals surface area contributed by atoms with Crippen molar-refractivity contribution in [1.82, 2.24) is 14.5 Å².